The number of nitrogens with zero attached hydrogens (tertiary/aromatic N) is 3. The number of carbonyl (C=O) groups is 1. The van der Waals surface area contributed by atoms with E-state index in [-0.39, 0.29) is 15.3 Å². The van der Waals surface area contributed by atoms with Crippen molar-refractivity contribution in [3.05, 3.63) is 5.01 Å². The summed E-state index contributed by atoms with van der Waals surface area (Å²) in [6, 6.07) is 0. The summed E-state index contributed by atoms with van der Waals surface area (Å²) in [5.74, 6) is -0.286. The van der Waals surface area contributed by atoms with Gasteiger partial charge < -0.3 is 4.90 Å². The van der Waals surface area contributed by atoms with Crippen LogP contribution >= 0.6 is 11.3 Å². The Balaban J connectivity index is 2.80. The zero-order valence-corrected chi connectivity index (χ0v) is 11.6. The largest absolute Gasteiger partial charge is 0.340 e. The lowest BCUT2D eigenvalue weighted by molar-refractivity contribution is 0.0792. The second-order valence-electron chi connectivity index (χ2n) is 3.73. The molecular formula is C9H15N3O3S2. The van der Waals surface area contributed by atoms with Gasteiger partial charge >= 0.3 is 0 Å². The summed E-state index contributed by atoms with van der Waals surface area (Å²) in [5, 5.41) is 7.23. The van der Waals surface area contributed by atoms with Gasteiger partial charge in [-0.1, -0.05) is 24.7 Å². The first-order valence-corrected chi connectivity index (χ1v) is 7.86. The number of sulfone groups is 1. The van der Waals surface area contributed by atoms with E-state index in [9.17, 15) is 13.2 Å². The van der Waals surface area contributed by atoms with Crippen molar-refractivity contribution in [2.75, 3.05) is 19.8 Å². The van der Waals surface area contributed by atoms with Gasteiger partial charge in [0.1, 0.15) is 0 Å². The van der Waals surface area contributed by atoms with Gasteiger partial charge in [0, 0.05) is 19.8 Å². The minimum absolute atomic E-state index is 0.115. The van der Waals surface area contributed by atoms with Crippen LogP contribution in [0.4, 0.5) is 0 Å². The van der Waals surface area contributed by atoms with Crippen molar-refractivity contribution in [2.45, 2.75) is 24.1 Å². The smallest absolute Gasteiger partial charge is 0.284 e. The zero-order valence-electron chi connectivity index (χ0n) is 10.0. The van der Waals surface area contributed by atoms with E-state index in [4.69, 9.17) is 0 Å². The van der Waals surface area contributed by atoms with Crippen LogP contribution in [0.3, 0.4) is 0 Å². The van der Waals surface area contributed by atoms with Crippen LogP contribution in [-0.2, 0) is 9.84 Å². The molecule has 1 rings (SSSR count). The molecule has 0 aliphatic rings. The quantitative estimate of drug-likeness (QED) is 0.795. The summed E-state index contributed by atoms with van der Waals surface area (Å²) in [7, 11) is -1.72. The molecule has 0 N–H and O–H groups in total. The van der Waals surface area contributed by atoms with Crippen LogP contribution in [0.25, 0.3) is 0 Å². The maximum Gasteiger partial charge on any atom is 0.284 e. The van der Waals surface area contributed by atoms with E-state index >= 15 is 0 Å². The first-order valence-electron chi connectivity index (χ1n) is 5.15. The number of carbonyl (C=O) groups excluding carboxylic acids is 1. The van der Waals surface area contributed by atoms with Crippen molar-refractivity contribution < 1.29 is 13.2 Å². The first kappa shape index (κ1) is 14.0. The standard InChI is InChI=1S/C9H15N3O3S2/c1-4-5-6-12(2)8(13)7-10-11-9(16-7)17(3,14)15/h4-6H2,1-3H3. The SMILES string of the molecule is CCCCN(C)C(=O)c1nnc(S(C)(=O)=O)s1. The third-order valence-electron chi connectivity index (χ3n) is 2.10. The van der Waals surface area contributed by atoms with Gasteiger partial charge in [-0.2, -0.15) is 0 Å². The Kier molecular flexibility index (Phi) is 4.58. The molecule has 0 aromatic carbocycles. The molecule has 1 amide bonds. The molecule has 0 spiro atoms. The maximum atomic E-state index is 11.8. The molecule has 0 saturated heterocycles. The van der Waals surface area contributed by atoms with E-state index in [1.165, 1.54) is 4.90 Å². The number of hydrogen-bond donors (Lipinski definition) is 0. The topological polar surface area (TPSA) is 80.2 Å². The highest BCUT2D eigenvalue weighted by Crippen LogP contribution is 2.16. The van der Waals surface area contributed by atoms with Crippen molar-refractivity contribution in [3.8, 4) is 0 Å². The van der Waals surface area contributed by atoms with Gasteiger partial charge in [0.05, 0.1) is 0 Å². The molecule has 8 heteroatoms. The molecule has 0 aliphatic carbocycles. The highest BCUT2D eigenvalue weighted by molar-refractivity contribution is 7.92. The Morgan fingerprint density at radius 3 is 2.53 bits per heavy atom. The summed E-state index contributed by atoms with van der Waals surface area (Å²) in [6.07, 6.45) is 2.94. The number of aromatic nitrogens is 2. The average molecular weight is 277 g/mol. The van der Waals surface area contributed by atoms with E-state index in [0.717, 1.165) is 30.4 Å². The molecule has 6 nitrogen and oxygen atoms in total. The van der Waals surface area contributed by atoms with Crippen LogP contribution in [0.1, 0.15) is 29.6 Å². The van der Waals surface area contributed by atoms with E-state index in [2.05, 4.69) is 10.2 Å². The Labute approximate surface area is 105 Å². The minimum atomic E-state index is -3.38. The van der Waals surface area contributed by atoms with Gasteiger partial charge in [-0.15, -0.1) is 10.2 Å². The van der Waals surface area contributed by atoms with Gasteiger partial charge in [0.25, 0.3) is 5.91 Å². The van der Waals surface area contributed by atoms with Crippen LogP contribution in [-0.4, -0.2) is 49.3 Å². The van der Waals surface area contributed by atoms with Gasteiger partial charge in [-0.3, -0.25) is 4.79 Å². The van der Waals surface area contributed by atoms with Gasteiger partial charge in [-0.05, 0) is 6.42 Å². The van der Waals surface area contributed by atoms with Crippen LogP contribution < -0.4 is 0 Å². The summed E-state index contributed by atoms with van der Waals surface area (Å²) in [6.45, 7) is 2.66. The molecule has 1 heterocycles. The highest BCUT2D eigenvalue weighted by atomic mass is 32.2. The molecular weight excluding hydrogens is 262 g/mol. The first-order chi connectivity index (χ1) is 7.86. The van der Waals surface area contributed by atoms with Crippen molar-refractivity contribution >= 4 is 27.1 Å². The summed E-state index contributed by atoms with van der Waals surface area (Å²) in [4.78, 5) is 13.4. The maximum absolute atomic E-state index is 11.8. The van der Waals surface area contributed by atoms with Crippen molar-refractivity contribution in [3.63, 3.8) is 0 Å². The molecule has 0 bridgehead atoms. The molecule has 0 unspecified atom stereocenters. The molecule has 1 aromatic rings. The third kappa shape index (κ3) is 3.74. The fourth-order valence-corrected chi connectivity index (χ4v) is 2.71. The number of rotatable bonds is 5. The third-order valence-corrected chi connectivity index (χ3v) is 4.68. The molecule has 0 aliphatic heterocycles. The van der Waals surface area contributed by atoms with Crippen LogP contribution in [0.15, 0.2) is 4.34 Å². The monoisotopic (exact) mass is 277 g/mol. The van der Waals surface area contributed by atoms with Crippen LogP contribution in [0.5, 0.6) is 0 Å². The van der Waals surface area contributed by atoms with Crippen LogP contribution in [0.2, 0.25) is 0 Å². The predicted octanol–water partition coefficient (Wildman–Crippen LogP) is 0.814. The zero-order chi connectivity index (χ0) is 13.1. The van der Waals surface area contributed by atoms with Gasteiger partial charge in [0.2, 0.25) is 19.2 Å². The summed E-state index contributed by atoms with van der Waals surface area (Å²) in [5.41, 5.74) is 0. The lowest BCUT2D eigenvalue weighted by Gasteiger charge is -2.14. The van der Waals surface area contributed by atoms with E-state index in [1.54, 1.807) is 7.05 Å². The fraction of sp³-hybridized carbons (Fsp3) is 0.667. The number of hydrogen-bond acceptors (Lipinski definition) is 6. The van der Waals surface area contributed by atoms with Gasteiger partial charge in [0.15, 0.2) is 0 Å². The van der Waals surface area contributed by atoms with Crippen LogP contribution in [0, 0.1) is 0 Å². The summed E-state index contributed by atoms with van der Waals surface area (Å²) >= 11 is 0.808. The lowest BCUT2D eigenvalue weighted by Crippen LogP contribution is -2.27. The average Bonchev–Trinajstić information content (AvgIpc) is 2.73. The summed E-state index contributed by atoms with van der Waals surface area (Å²) < 4.78 is 22.3. The second-order valence-corrected chi connectivity index (χ2v) is 6.89. The molecule has 1 aromatic heterocycles. The number of unbranched alkanes of at least 4 members (excludes halogenated alkanes) is 1. The Morgan fingerprint density at radius 2 is 2.06 bits per heavy atom. The second kappa shape index (κ2) is 5.54. The number of amides is 1. The highest BCUT2D eigenvalue weighted by Gasteiger charge is 2.20. The van der Waals surface area contributed by atoms with Gasteiger partial charge in [-0.25, -0.2) is 8.42 Å². The van der Waals surface area contributed by atoms with Crippen molar-refractivity contribution in [1.29, 1.82) is 0 Å². The van der Waals surface area contributed by atoms with E-state index in [1.807, 2.05) is 6.92 Å². The van der Waals surface area contributed by atoms with E-state index < -0.39 is 9.84 Å². The van der Waals surface area contributed by atoms with Crippen molar-refractivity contribution in [1.82, 2.24) is 15.1 Å². The van der Waals surface area contributed by atoms with E-state index in [0.29, 0.717) is 6.54 Å². The fourth-order valence-electron chi connectivity index (χ4n) is 1.11. The molecule has 0 fully saturated rings. The predicted molar refractivity (Wildman–Crippen MR) is 64.9 cm³/mol. The lowest BCUT2D eigenvalue weighted by atomic mass is 10.3. The molecule has 0 saturated carbocycles. The molecule has 17 heavy (non-hydrogen) atoms. The minimum Gasteiger partial charge on any atom is -0.340 e. The van der Waals surface area contributed by atoms with Crippen molar-refractivity contribution in [2.24, 2.45) is 0 Å². The Morgan fingerprint density at radius 1 is 1.41 bits per heavy atom. The normalized spacial score (nSPS) is 11.5. The Bertz CT molecular complexity index is 495. The Hall–Kier alpha value is -1.02. The molecule has 0 atom stereocenters. The molecule has 0 radical (unpaired) electrons. The molecule has 96 valence electrons.